The van der Waals surface area contributed by atoms with Crippen LogP contribution in [0, 0.1) is 17.6 Å². The van der Waals surface area contributed by atoms with Gasteiger partial charge in [-0.15, -0.1) is 0 Å². The summed E-state index contributed by atoms with van der Waals surface area (Å²) in [6.45, 7) is -0.468. The first-order valence-electron chi connectivity index (χ1n) is 8.78. The standard InChI is InChI=1S/C20H18F2N2O5/c1-28-20(27)14-8-17(16(22)9-15(14)21)24-18(25)10-29-13-4-2-3-12(7-13)23-19(26)11-5-6-11/h2-4,7-9,11H,5-6,10H2,1H3,(H,23,26)(H,24,25). The van der Waals surface area contributed by atoms with Gasteiger partial charge in [-0.1, -0.05) is 6.07 Å². The lowest BCUT2D eigenvalue weighted by molar-refractivity contribution is -0.118. The van der Waals surface area contributed by atoms with Gasteiger partial charge in [0.15, 0.2) is 6.61 Å². The molecule has 2 aromatic rings. The van der Waals surface area contributed by atoms with Crippen molar-refractivity contribution in [1.29, 1.82) is 0 Å². The molecule has 2 aromatic carbocycles. The fourth-order valence-corrected chi connectivity index (χ4v) is 2.50. The lowest BCUT2D eigenvalue weighted by Gasteiger charge is -2.11. The summed E-state index contributed by atoms with van der Waals surface area (Å²) in [5.41, 5.74) is -0.359. The van der Waals surface area contributed by atoms with Gasteiger partial charge >= 0.3 is 5.97 Å². The van der Waals surface area contributed by atoms with Gasteiger partial charge in [0, 0.05) is 23.7 Å². The molecule has 0 atom stereocenters. The Balaban J connectivity index is 1.60. The first-order valence-corrected chi connectivity index (χ1v) is 8.78. The molecule has 9 heteroatoms. The number of hydrogen-bond donors (Lipinski definition) is 2. The van der Waals surface area contributed by atoms with E-state index in [4.69, 9.17) is 4.74 Å². The summed E-state index contributed by atoms with van der Waals surface area (Å²) in [5, 5.41) is 4.97. The van der Waals surface area contributed by atoms with Crippen LogP contribution in [-0.4, -0.2) is 31.5 Å². The van der Waals surface area contributed by atoms with Crippen molar-refractivity contribution in [2.24, 2.45) is 5.92 Å². The van der Waals surface area contributed by atoms with Crippen molar-refractivity contribution < 1.29 is 32.6 Å². The Hall–Kier alpha value is -3.49. The fourth-order valence-electron chi connectivity index (χ4n) is 2.50. The van der Waals surface area contributed by atoms with Gasteiger partial charge < -0.3 is 20.1 Å². The van der Waals surface area contributed by atoms with Gasteiger partial charge in [-0.2, -0.15) is 0 Å². The normalized spacial score (nSPS) is 12.8. The fraction of sp³-hybridized carbons (Fsp3) is 0.250. The van der Waals surface area contributed by atoms with Crippen molar-refractivity contribution in [3.05, 3.63) is 53.6 Å². The molecule has 152 valence electrons. The van der Waals surface area contributed by atoms with Crippen LogP contribution in [0.5, 0.6) is 5.75 Å². The third kappa shape index (κ3) is 5.28. The number of esters is 1. The van der Waals surface area contributed by atoms with E-state index in [0.29, 0.717) is 17.5 Å². The summed E-state index contributed by atoms with van der Waals surface area (Å²) < 4.78 is 37.3. The van der Waals surface area contributed by atoms with Gasteiger partial charge in [-0.3, -0.25) is 9.59 Å². The maximum Gasteiger partial charge on any atom is 0.340 e. The highest BCUT2D eigenvalue weighted by molar-refractivity contribution is 5.96. The SMILES string of the molecule is COC(=O)c1cc(NC(=O)COc2cccc(NC(=O)C3CC3)c2)c(F)cc1F. The first-order chi connectivity index (χ1) is 13.9. The summed E-state index contributed by atoms with van der Waals surface area (Å²) in [7, 11) is 1.05. The van der Waals surface area contributed by atoms with E-state index in [1.807, 2.05) is 0 Å². The van der Waals surface area contributed by atoms with Crippen LogP contribution in [0.15, 0.2) is 36.4 Å². The summed E-state index contributed by atoms with van der Waals surface area (Å²) >= 11 is 0. The molecule has 0 radical (unpaired) electrons. The van der Waals surface area contributed by atoms with Crippen LogP contribution in [0.4, 0.5) is 20.2 Å². The van der Waals surface area contributed by atoms with Crippen LogP contribution in [0.25, 0.3) is 0 Å². The van der Waals surface area contributed by atoms with Crippen LogP contribution in [-0.2, 0) is 14.3 Å². The molecule has 1 fully saturated rings. The van der Waals surface area contributed by atoms with Gasteiger partial charge in [0.2, 0.25) is 5.91 Å². The number of anilines is 2. The van der Waals surface area contributed by atoms with Gasteiger partial charge in [-0.25, -0.2) is 13.6 Å². The molecule has 0 unspecified atom stereocenters. The van der Waals surface area contributed by atoms with Gasteiger partial charge in [0.05, 0.1) is 18.4 Å². The zero-order valence-electron chi connectivity index (χ0n) is 15.5. The molecule has 0 aliphatic heterocycles. The third-order valence-corrected chi connectivity index (χ3v) is 4.16. The summed E-state index contributed by atoms with van der Waals surface area (Å²) in [6, 6.07) is 7.82. The molecule has 0 heterocycles. The predicted molar refractivity (Wildman–Crippen MR) is 99.6 cm³/mol. The monoisotopic (exact) mass is 404 g/mol. The molecule has 1 aliphatic rings. The molecular weight excluding hydrogens is 386 g/mol. The van der Waals surface area contributed by atoms with E-state index in [1.165, 1.54) is 0 Å². The molecule has 0 bridgehead atoms. The van der Waals surface area contributed by atoms with E-state index in [9.17, 15) is 23.2 Å². The average molecular weight is 404 g/mol. The highest BCUT2D eigenvalue weighted by Crippen LogP contribution is 2.30. The second-order valence-corrected chi connectivity index (χ2v) is 6.43. The van der Waals surface area contributed by atoms with Crippen LogP contribution < -0.4 is 15.4 Å². The van der Waals surface area contributed by atoms with E-state index in [1.54, 1.807) is 24.3 Å². The zero-order valence-corrected chi connectivity index (χ0v) is 15.5. The lowest BCUT2D eigenvalue weighted by atomic mass is 10.1. The molecule has 2 N–H and O–H groups in total. The molecule has 1 aliphatic carbocycles. The number of benzene rings is 2. The van der Waals surface area contributed by atoms with Crippen molar-refractivity contribution in [3.8, 4) is 5.75 Å². The number of carbonyl (C=O) groups excluding carboxylic acids is 3. The minimum Gasteiger partial charge on any atom is -0.484 e. The Morgan fingerprint density at radius 3 is 2.52 bits per heavy atom. The molecule has 0 aromatic heterocycles. The second kappa shape index (κ2) is 8.68. The van der Waals surface area contributed by atoms with E-state index >= 15 is 0 Å². The van der Waals surface area contributed by atoms with Crippen molar-refractivity contribution >= 4 is 29.2 Å². The van der Waals surface area contributed by atoms with Crippen molar-refractivity contribution in [2.45, 2.75) is 12.8 Å². The average Bonchev–Trinajstić information content (AvgIpc) is 3.53. The second-order valence-electron chi connectivity index (χ2n) is 6.43. The number of nitrogens with one attached hydrogen (secondary N) is 2. The summed E-state index contributed by atoms with van der Waals surface area (Å²) in [6.07, 6.45) is 1.75. The van der Waals surface area contributed by atoms with Crippen molar-refractivity contribution in [3.63, 3.8) is 0 Å². The largest absolute Gasteiger partial charge is 0.484 e. The molecule has 0 saturated heterocycles. The van der Waals surface area contributed by atoms with E-state index in [-0.39, 0.29) is 17.5 Å². The first kappa shape index (κ1) is 20.2. The van der Waals surface area contributed by atoms with Crippen LogP contribution in [0.1, 0.15) is 23.2 Å². The Morgan fingerprint density at radius 2 is 1.83 bits per heavy atom. The molecule has 29 heavy (non-hydrogen) atoms. The number of halogens is 2. The number of methoxy groups -OCH3 is 1. The maximum absolute atomic E-state index is 13.9. The Morgan fingerprint density at radius 1 is 1.07 bits per heavy atom. The highest BCUT2D eigenvalue weighted by Gasteiger charge is 2.29. The molecule has 7 nitrogen and oxygen atoms in total. The van der Waals surface area contributed by atoms with Gasteiger partial charge in [0.1, 0.15) is 17.4 Å². The molecular formula is C20H18F2N2O5. The van der Waals surface area contributed by atoms with Crippen LogP contribution in [0.3, 0.4) is 0 Å². The Bertz CT molecular complexity index is 960. The number of ether oxygens (including phenoxy) is 2. The summed E-state index contributed by atoms with van der Waals surface area (Å²) in [5.74, 6) is -3.57. The quantitative estimate of drug-likeness (QED) is 0.692. The lowest BCUT2D eigenvalue weighted by Crippen LogP contribution is -2.21. The molecule has 2 amide bonds. The predicted octanol–water partition coefficient (Wildman–Crippen LogP) is 3.12. The van der Waals surface area contributed by atoms with Gasteiger partial charge in [0.25, 0.3) is 5.91 Å². The highest BCUT2D eigenvalue weighted by atomic mass is 19.1. The van der Waals surface area contributed by atoms with Crippen molar-refractivity contribution in [2.75, 3.05) is 24.4 Å². The zero-order chi connectivity index (χ0) is 21.0. The summed E-state index contributed by atoms with van der Waals surface area (Å²) in [4.78, 5) is 35.3. The Kier molecular flexibility index (Phi) is 6.06. The number of hydrogen-bond acceptors (Lipinski definition) is 5. The number of amides is 2. The van der Waals surface area contributed by atoms with E-state index in [0.717, 1.165) is 26.0 Å². The number of rotatable bonds is 7. The third-order valence-electron chi connectivity index (χ3n) is 4.16. The molecule has 3 rings (SSSR count). The molecule has 1 saturated carbocycles. The maximum atomic E-state index is 13.9. The number of carbonyl (C=O) groups is 3. The van der Waals surface area contributed by atoms with E-state index in [2.05, 4.69) is 15.4 Å². The topological polar surface area (TPSA) is 93.7 Å². The minimum absolute atomic E-state index is 0.0471. The smallest absolute Gasteiger partial charge is 0.340 e. The Labute approximate surface area is 165 Å². The minimum atomic E-state index is -1.10. The van der Waals surface area contributed by atoms with Gasteiger partial charge in [-0.05, 0) is 31.0 Å². The van der Waals surface area contributed by atoms with Crippen molar-refractivity contribution in [1.82, 2.24) is 0 Å². The van der Waals surface area contributed by atoms with E-state index < -0.39 is 35.7 Å². The molecule has 0 spiro atoms. The van der Waals surface area contributed by atoms with Crippen LogP contribution >= 0.6 is 0 Å². The van der Waals surface area contributed by atoms with Crippen LogP contribution in [0.2, 0.25) is 0 Å².